The van der Waals surface area contributed by atoms with Crippen LogP contribution in [0.25, 0.3) is 0 Å². The first-order valence-electron chi connectivity index (χ1n) is 7.84. The molecule has 1 aliphatic carbocycles. The molecule has 1 aromatic heterocycles. The molecule has 1 aromatic rings. The second-order valence-electron chi connectivity index (χ2n) is 5.85. The van der Waals surface area contributed by atoms with E-state index < -0.39 is 0 Å². The Bertz CT molecular complexity index is 414. The molecule has 0 bridgehead atoms. The molecule has 3 nitrogen and oxygen atoms in total. The van der Waals surface area contributed by atoms with Gasteiger partial charge in [-0.25, -0.2) is 4.98 Å². The Morgan fingerprint density at radius 1 is 1.26 bits per heavy atom. The molecule has 0 spiro atoms. The van der Waals surface area contributed by atoms with E-state index in [-0.39, 0.29) is 0 Å². The second-order valence-corrected chi connectivity index (χ2v) is 5.85. The molecule has 0 aromatic carbocycles. The summed E-state index contributed by atoms with van der Waals surface area (Å²) in [5.41, 5.74) is 1.41. The maximum Gasteiger partial charge on any atom is 0.130 e. The molecule has 3 heteroatoms. The van der Waals surface area contributed by atoms with Crippen LogP contribution in [-0.4, -0.2) is 29.0 Å². The van der Waals surface area contributed by atoms with Gasteiger partial charge >= 0.3 is 0 Å². The molecule has 0 unspecified atom stereocenters. The fourth-order valence-electron chi connectivity index (χ4n) is 3.27. The zero-order valence-electron chi connectivity index (χ0n) is 11.9. The fraction of sp³-hybridized carbons (Fsp3) is 0.688. The van der Waals surface area contributed by atoms with E-state index in [1.54, 1.807) is 0 Å². The Balaban J connectivity index is 1.81. The molecule has 1 atom stereocenters. The summed E-state index contributed by atoms with van der Waals surface area (Å²) in [5.74, 6) is 1.14. The van der Waals surface area contributed by atoms with Gasteiger partial charge in [0, 0.05) is 23.8 Å². The highest BCUT2D eigenvalue weighted by molar-refractivity contribution is 5.47. The van der Waals surface area contributed by atoms with E-state index in [9.17, 15) is 0 Å². The predicted molar refractivity (Wildman–Crippen MR) is 79.3 cm³/mol. The van der Waals surface area contributed by atoms with E-state index in [2.05, 4.69) is 34.3 Å². The summed E-state index contributed by atoms with van der Waals surface area (Å²) in [7, 11) is 0. The number of anilines is 1. The fourth-order valence-corrected chi connectivity index (χ4v) is 3.27. The standard InChI is InChI=1S/C16H25N3/c1-2-19-12-4-3-10-15(19)14-9-6-11-17-16(14)18-13-7-5-8-13/h6,9,11,13,15H,2-5,7-8,10,12H2,1H3,(H,17,18)/t15-/m0/s1. The number of pyridine rings is 1. The van der Waals surface area contributed by atoms with Crippen LogP contribution in [0.1, 0.15) is 57.1 Å². The van der Waals surface area contributed by atoms with Crippen LogP contribution < -0.4 is 5.32 Å². The number of nitrogens with zero attached hydrogens (tertiary/aromatic N) is 2. The summed E-state index contributed by atoms with van der Waals surface area (Å²) in [4.78, 5) is 7.21. The summed E-state index contributed by atoms with van der Waals surface area (Å²) in [6.45, 7) is 4.65. The van der Waals surface area contributed by atoms with Crippen LogP contribution in [0.2, 0.25) is 0 Å². The lowest BCUT2D eigenvalue weighted by Gasteiger charge is -2.37. The number of hydrogen-bond donors (Lipinski definition) is 1. The molecule has 104 valence electrons. The van der Waals surface area contributed by atoms with Crippen molar-refractivity contribution in [3.63, 3.8) is 0 Å². The lowest BCUT2D eigenvalue weighted by atomic mass is 9.91. The second kappa shape index (κ2) is 5.91. The van der Waals surface area contributed by atoms with Crippen LogP contribution in [0.3, 0.4) is 0 Å². The Hall–Kier alpha value is -1.09. The zero-order chi connectivity index (χ0) is 13.1. The molecule has 2 aliphatic rings. The van der Waals surface area contributed by atoms with E-state index in [0.29, 0.717) is 12.1 Å². The lowest BCUT2D eigenvalue weighted by Crippen LogP contribution is -2.34. The highest BCUT2D eigenvalue weighted by atomic mass is 15.2. The molecular weight excluding hydrogens is 234 g/mol. The predicted octanol–water partition coefficient (Wildman–Crippen LogP) is 3.59. The van der Waals surface area contributed by atoms with Gasteiger partial charge in [0.15, 0.2) is 0 Å². The van der Waals surface area contributed by atoms with Gasteiger partial charge in [0.1, 0.15) is 5.82 Å². The van der Waals surface area contributed by atoms with Gasteiger partial charge in [-0.05, 0) is 51.3 Å². The third kappa shape index (κ3) is 2.76. The monoisotopic (exact) mass is 259 g/mol. The zero-order valence-corrected chi connectivity index (χ0v) is 11.9. The Labute approximate surface area is 116 Å². The molecule has 1 N–H and O–H groups in total. The summed E-state index contributed by atoms with van der Waals surface area (Å²) in [6.07, 6.45) is 9.86. The minimum Gasteiger partial charge on any atom is -0.367 e. The van der Waals surface area contributed by atoms with Crippen LogP contribution in [-0.2, 0) is 0 Å². The van der Waals surface area contributed by atoms with Gasteiger partial charge in [-0.2, -0.15) is 0 Å². The lowest BCUT2D eigenvalue weighted by molar-refractivity contribution is 0.157. The van der Waals surface area contributed by atoms with Crippen molar-refractivity contribution in [3.8, 4) is 0 Å². The molecule has 3 rings (SSSR count). The Morgan fingerprint density at radius 2 is 2.16 bits per heavy atom. The quantitative estimate of drug-likeness (QED) is 0.895. The SMILES string of the molecule is CCN1CCCC[C@H]1c1cccnc1NC1CCC1. The highest BCUT2D eigenvalue weighted by Crippen LogP contribution is 2.35. The van der Waals surface area contributed by atoms with Crippen LogP contribution in [0.4, 0.5) is 5.82 Å². The van der Waals surface area contributed by atoms with E-state index in [0.717, 1.165) is 12.4 Å². The van der Waals surface area contributed by atoms with Gasteiger partial charge in [-0.1, -0.05) is 19.4 Å². The number of rotatable bonds is 4. The minimum absolute atomic E-state index is 0.565. The number of hydrogen-bond acceptors (Lipinski definition) is 3. The van der Waals surface area contributed by atoms with Gasteiger partial charge in [0.05, 0.1) is 0 Å². The average Bonchev–Trinajstić information content (AvgIpc) is 2.43. The van der Waals surface area contributed by atoms with Gasteiger partial charge in [0.2, 0.25) is 0 Å². The molecule has 0 amide bonds. The van der Waals surface area contributed by atoms with Crippen molar-refractivity contribution in [2.24, 2.45) is 0 Å². The third-order valence-electron chi connectivity index (χ3n) is 4.66. The van der Waals surface area contributed by atoms with Crippen molar-refractivity contribution in [1.29, 1.82) is 0 Å². The maximum atomic E-state index is 4.61. The molecule has 2 fully saturated rings. The molecule has 1 aliphatic heterocycles. The van der Waals surface area contributed by atoms with E-state index in [1.807, 2.05) is 6.20 Å². The number of piperidine rings is 1. The van der Waals surface area contributed by atoms with Crippen LogP contribution in [0.15, 0.2) is 18.3 Å². The van der Waals surface area contributed by atoms with Crippen LogP contribution in [0.5, 0.6) is 0 Å². The first kappa shape index (κ1) is 12.9. The van der Waals surface area contributed by atoms with Crippen molar-refractivity contribution in [1.82, 2.24) is 9.88 Å². The molecule has 1 saturated heterocycles. The summed E-state index contributed by atoms with van der Waals surface area (Å²) in [6, 6.07) is 5.58. The van der Waals surface area contributed by atoms with Crippen molar-refractivity contribution >= 4 is 5.82 Å². The largest absolute Gasteiger partial charge is 0.367 e. The summed E-state index contributed by atoms with van der Waals surface area (Å²) >= 11 is 0. The van der Waals surface area contributed by atoms with E-state index in [4.69, 9.17) is 0 Å². The normalized spacial score (nSPS) is 25.0. The third-order valence-corrected chi connectivity index (χ3v) is 4.66. The van der Waals surface area contributed by atoms with Crippen molar-refractivity contribution in [2.45, 2.75) is 57.5 Å². The number of likely N-dealkylation sites (tertiary alicyclic amines) is 1. The summed E-state index contributed by atoms with van der Waals surface area (Å²) < 4.78 is 0. The first-order valence-corrected chi connectivity index (χ1v) is 7.84. The van der Waals surface area contributed by atoms with Gasteiger partial charge in [-0.3, -0.25) is 4.90 Å². The molecule has 1 saturated carbocycles. The van der Waals surface area contributed by atoms with Crippen LogP contribution in [0, 0.1) is 0 Å². The summed E-state index contributed by atoms with van der Waals surface area (Å²) in [5, 5.41) is 3.65. The molecule has 19 heavy (non-hydrogen) atoms. The van der Waals surface area contributed by atoms with Gasteiger partial charge in [0.25, 0.3) is 0 Å². The molecule has 0 radical (unpaired) electrons. The maximum absolute atomic E-state index is 4.61. The van der Waals surface area contributed by atoms with Crippen molar-refractivity contribution in [2.75, 3.05) is 18.4 Å². The number of aromatic nitrogens is 1. The number of nitrogens with one attached hydrogen (secondary N) is 1. The topological polar surface area (TPSA) is 28.2 Å². The Morgan fingerprint density at radius 3 is 2.89 bits per heavy atom. The van der Waals surface area contributed by atoms with Gasteiger partial charge < -0.3 is 5.32 Å². The first-order chi connectivity index (χ1) is 9.38. The van der Waals surface area contributed by atoms with Gasteiger partial charge in [-0.15, -0.1) is 0 Å². The van der Waals surface area contributed by atoms with Crippen LogP contribution >= 0.6 is 0 Å². The highest BCUT2D eigenvalue weighted by Gasteiger charge is 2.26. The minimum atomic E-state index is 0.565. The van der Waals surface area contributed by atoms with Crippen molar-refractivity contribution in [3.05, 3.63) is 23.9 Å². The molecule has 2 heterocycles. The smallest absolute Gasteiger partial charge is 0.130 e. The molecular formula is C16H25N3. The Kier molecular flexibility index (Phi) is 4.02. The van der Waals surface area contributed by atoms with Crippen molar-refractivity contribution < 1.29 is 0 Å². The van der Waals surface area contributed by atoms with E-state index in [1.165, 1.54) is 50.6 Å². The average molecular weight is 259 g/mol. The van der Waals surface area contributed by atoms with E-state index >= 15 is 0 Å².